The van der Waals surface area contributed by atoms with Crippen LogP contribution in [0.5, 0.6) is 0 Å². The molecule has 0 radical (unpaired) electrons. The summed E-state index contributed by atoms with van der Waals surface area (Å²) in [6.07, 6.45) is 0.217. The Hall–Kier alpha value is -2.38. The van der Waals surface area contributed by atoms with Crippen molar-refractivity contribution in [3.63, 3.8) is 0 Å². The van der Waals surface area contributed by atoms with E-state index < -0.39 is 17.7 Å². The van der Waals surface area contributed by atoms with Crippen LogP contribution in [-0.4, -0.2) is 46.1 Å². The van der Waals surface area contributed by atoms with Gasteiger partial charge in [-0.3, -0.25) is 0 Å². The van der Waals surface area contributed by atoms with Gasteiger partial charge in [0.25, 0.3) is 0 Å². The number of anilines is 1. The maximum Gasteiger partial charge on any atom is 0.407 e. The van der Waals surface area contributed by atoms with Crippen molar-refractivity contribution < 1.29 is 19.4 Å². The molecule has 0 aliphatic rings. The number of hydrogen-bond donors (Lipinski definition) is 3. The summed E-state index contributed by atoms with van der Waals surface area (Å²) in [6, 6.07) is 2.91. The van der Waals surface area contributed by atoms with Gasteiger partial charge >= 0.3 is 12.1 Å². The molecule has 0 saturated heterocycles. The number of aromatic nitrogens is 2. The summed E-state index contributed by atoms with van der Waals surface area (Å²) >= 11 is 0. The molecule has 0 aliphatic carbocycles. The SMILES string of the molecule is CC(C)(C)OC(=O)NCCCNc1ccc(C(=O)O)nn1. The minimum Gasteiger partial charge on any atom is -0.476 e. The Labute approximate surface area is 122 Å². The molecule has 1 aromatic heterocycles. The quantitative estimate of drug-likeness (QED) is 0.682. The van der Waals surface area contributed by atoms with E-state index in [1.165, 1.54) is 12.1 Å². The van der Waals surface area contributed by atoms with Crippen LogP contribution < -0.4 is 10.6 Å². The van der Waals surface area contributed by atoms with Gasteiger partial charge in [0.15, 0.2) is 5.69 Å². The lowest BCUT2D eigenvalue weighted by atomic mass is 10.2. The molecule has 0 fully saturated rings. The van der Waals surface area contributed by atoms with Crippen LogP contribution in [0.4, 0.5) is 10.6 Å². The Bertz CT molecular complexity index is 482. The van der Waals surface area contributed by atoms with Crippen molar-refractivity contribution in [2.45, 2.75) is 32.8 Å². The van der Waals surface area contributed by atoms with Gasteiger partial charge in [0.05, 0.1) is 0 Å². The number of carboxylic acids is 1. The molecule has 0 aromatic carbocycles. The average Bonchev–Trinajstić information content (AvgIpc) is 2.36. The molecule has 1 amide bonds. The van der Waals surface area contributed by atoms with Gasteiger partial charge in [-0.2, -0.15) is 0 Å². The predicted molar refractivity (Wildman–Crippen MR) is 76.3 cm³/mol. The molecule has 0 bridgehead atoms. The minimum atomic E-state index is -1.12. The molecule has 1 aromatic rings. The summed E-state index contributed by atoms with van der Waals surface area (Å²) in [4.78, 5) is 22.0. The Morgan fingerprint density at radius 1 is 1.24 bits per heavy atom. The van der Waals surface area contributed by atoms with Gasteiger partial charge in [-0.05, 0) is 39.3 Å². The van der Waals surface area contributed by atoms with E-state index in [9.17, 15) is 9.59 Å². The number of carbonyl (C=O) groups excluding carboxylic acids is 1. The Morgan fingerprint density at radius 3 is 2.48 bits per heavy atom. The van der Waals surface area contributed by atoms with Gasteiger partial charge < -0.3 is 20.5 Å². The molecule has 8 nitrogen and oxygen atoms in total. The molecular formula is C13H20N4O4. The Balaban J connectivity index is 2.19. The van der Waals surface area contributed by atoms with Crippen LogP contribution in [-0.2, 0) is 4.74 Å². The molecule has 21 heavy (non-hydrogen) atoms. The normalized spacial score (nSPS) is 10.8. The number of aromatic carboxylic acids is 1. The van der Waals surface area contributed by atoms with Crippen LogP contribution in [0, 0.1) is 0 Å². The van der Waals surface area contributed by atoms with Gasteiger partial charge in [0.1, 0.15) is 11.4 Å². The molecule has 116 valence electrons. The predicted octanol–water partition coefficient (Wildman–Crippen LogP) is 1.50. The highest BCUT2D eigenvalue weighted by Crippen LogP contribution is 2.06. The number of alkyl carbamates (subject to hydrolysis) is 1. The third-order valence-electron chi connectivity index (χ3n) is 2.21. The van der Waals surface area contributed by atoms with Crippen molar-refractivity contribution in [3.05, 3.63) is 17.8 Å². The number of hydrogen-bond acceptors (Lipinski definition) is 6. The standard InChI is InChI=1S/C13H20N4O4/c1-13(2,3)21-12(20)15-8-4-7-14-10-6-5-9(11(18)19)16-17-10/h5-6H,4,7-8H2,1-3H3,(H,14,17)(H,15,20)(H,18,19). The van der Waals surface area contributed by atoms with E-state index in [4.69, 9.17) is 9.84 Å². The van der Waals surface area contributed by atoms with Crippen molar-refractivity contribution in [1.29, 1.82) is 0 Å². The van der Waals surface area contributed by atoms with E-state index in [2.05, 4.69) is 20.8 Å². The maximum absolute atomic E-state index is 11.4. The highest BCUT2D eigenvalue weighted by Gasteiger charge is 2.15. The highest BCUT2D eigenvalue weighted by molar-refractivity contribution is 5.85. The van der Waals surface area contributed by atoms with Crippen molar-refractivity contribution in [2.75, 3.05) is 18.4 Å². The molecule has 1 heterocycles. The van der Waals surface area contributed by atoms with Crippen LogP contribution >= 0.6 is 0 Å². The van der Waals surface area contributed by atoms with Crippen LogP contribution in [0.15, 0.2) is 12.1 Å². The lowest BCUT2D eigenvalue weighted by molar-refractivity contribution is 0.0527. The lowest BCUT2D eigenvalue weighted by Crippen LogP contribution is -2.33. The number of nitrogens with zero attached hydrogens (tertiary/aromatic N) is 2. The summed E-state index contributed by atoms with van der Waals surface area (Å²) in [5, 5.41) is 21.6. The van der Waals surface area contributed by atoms with E-state index in [1.54, 1.807) is 20.8 Å². The van der Waals surface area contributed by atoms with Crippen molar-refractivity contribution in [3.8, 4) is 0 Å². The van der Waals surface area contributed by atoms with E-state index in [-0.39, 0.29) is 5.69 Å². The van der Waals surface area contributed by atoms with E-state index >= 15 is 0 Å². The second-order valence-electron chi connectivity index (χ2n) is 5.32. The number of rotatable bonds is 6. The monoisotopic (exact) mass is 296 g/mol. The van der Waals surface area contributed by atoms with Gasteiger partial charge in [0, 0.05) is 13.1 Å². The average molecular weight is 296 g/mol. The first-order chi connectivity index (χ1) is 9.78. The number of carboxylic acid groups (broad SMARTS) is 1. The maximum atomic E-state index is 11.4. The van der Waals surface area contributed by atoms with Crippen molar-refractivity contribution >= 4 is 17.9 Å². The van der Waals surface area contributed by atoms with E-state index in [0.717, 1.165) is 0 Å². The number of nitrogens with one attached hydrogen (secondary N) is 2. The third-order valence-corrected chi connectivity index (χ3v) is 2.21. The van der Waals surface area contributed by atoms with Gasteiger partial charge in [-0.1, -0.05) is 0 Å². The molecule has 3 N–H and O–H groups in total. The summed E-state index contributed by atoms with van der Waals surface area (Å²) in [7, 11) is 0. The molecule has 0 atom stereocenters. The molecule has 0 unspecified atom stereocenters. The zero-order valence-corrected chi connectivity index (χ0v) is 12.3. The second-order valence-corrected chi connectivity index (χ2v) is 5.32. The first-order valence-corrected chi connectivity index (χ1v) is 6.56. The van der Waals surface area contributed by atoms with Crippen molar-refractivity contribution in [1.82, 2.24) is 15.5 Å². The summed E-state index contributed by atoms with van der Waals surface area (Å²) in [6.45, 7) is 6.42. The molecule has 0 aliphatic heterocycles. The summed E-state index contributed by atoms with van der Waals surface area (Å²) in [5.74, 6) is -0.632. The zero-order valence-electron chi connectivity index (χ0n) is 12.3. The van der Waals surface area contributed by atoms with Crippen LogP contribution in [0.1, 0.15) is 37.7 Å². The lowest BCUT2D eigenvalue weighted by Gasteiger charge is -2.19. The van der Waals surface area contributed by atoms with Crippen LogP contribution in [0.3, 0.4) is 0 Å². The summed E-state index contributed by atoms with van der Waals surface area (Å²) < 4.78 is 5.09. The largest absolute Gasteiger partial charge is 0.476 e. The molecule has 1 rings (SSSR count). The van der Waals surface area contributed by atoms with Crippen LogP contribution in [0.25, 0.3) is 0 Å². The number of carbonyl (C=O) groups is 2. The molecule has 0 spiro atoms. The third kappa shape index (κ3) is 7.09. The molecule has 8 heteroatoms. The second kappa shape index (κ2) is 7.41. The fourth-order valence-corrected chi connectivity index (χ4v) is 1.35. The number of amides is 1. The van der Waals surface area contributed by atoms with Gasteiger partial charge in [-0.25, -0.2) is 9.59 Å². The van der Waals surface area contributed by atoms with E-state index in [1.807, 2.05) is 0 Å². The smallest absolute Gasteiger partial charge is 0.407 e. The number of ether oxygens (including phenoxy) is 1. The first-order valence-electron chi connectivity index (χ1n) is 6.56. The van der Waals surface area contributed by atoms with Gasteiger partial charge in [0.2, 0.25) is 0 Å². The fourth-order valence-electron chi connectivity index (χ4n) is 1.35. The first kappa shape index (κ1) is 16.7. The summed E-state index contributed by atoms with van der Waals surface area (Å²) in [5.41, 5.74) is -0.615. The van der Waals surface area contributed by atoms with E-state index in [0.29, 0.717) is 25.3 Å². The van der Waals surface area contributed by atoms with Gasteiger partial charge in [-0.15, -0.1) is 10.2 Å². The topological polar surface area (TPSA) is 113 Å². The minimum absolute atomic E-state index is 0.104. The van der Waals surface area contributed by atoms with Crippen molar-refractivity contribution in [2.24, 2.45) is 0 Å². The van der Waals surface area contributed by atoms with Crippen LogP contribution in [0.2, 0.25) is 0 Å². The molecular weight excluding hydrogens is 276 g/mol. The molecule has 0 saturated carbocycles. The zero-order chi connectivity index (χ0) is 15.9. The Kier molecular flexibility index (Phi) is 5.89. The fraction of sp³-hybridized carbons (Fsp3) is 0.538. The Morgan fingerprint density at radius 2 is 1.95 bits per heavy atom. The highest BCUT2D eigenvalue weighted by atomic mass is 16.6.